The number of nitrogens with one attached hydrogen (secondary N) is 2. The lowest BCUT2D eigenvalue weighted by molar-refractivity contribution is -0.121. The van der Waals surface area contributed by atoms with Crippen LogP contribution < -0.4 is 16.4 Å². The molecule has 0 spiro atoms. The molecule has 132 valence electrons. The molecule has 0 unspecified atom stereocenters. The molecule has 0 aliphatic heterocycles. The van der Waals surface area contributed by atoms with Crippen molar-refractivity contribution in [3.8, 4) is 5.69 Å². The Morgan fingerprint density at radius 3 is 2.48 bits per heavy atom. The van der Waals surface area contributed by atoms with Crippen molar-refractivity contribution < 1.29 is 14.4 Å². The Bertz CT molecular complexity index is 768. The molecule has 0 aliphatic rings. The standard InChI is InChI=1S/C17H21N5O3/c1-11(2)20-15(23)8-9-19-17(25)13-10-14(16(18)24)22(21-13)12-6-4-3-5-7-12/h3-7,10-11H,8-9H2,1-2H3,(H2,18,24)(H,19,25)(H,20,23). The summed E-state index contributed by atoms with van der Waals surface area (Å²) in [5.41, 5.74) is 6.15. The van der Waals surface area contributed by atoms with Gasteiger partial charge >= 0.3 is 0 Å². The van der Waals surface area contributed by atoms with Crippen LogP contribution in [0, 0.1) is 0 Å². The van der Waals surface area contributed by atoms with Gasteiger partial charge in [0.2, 0.25) is 5.91 Å². The molecule has 0 bridgehead atoms. The summed E-state index contributed by atoms with van der Waals surface area (Å²) in [4.78, 5) is 35.4. The van der Waals surface area contributed by atoms with Crippen LogP contribution in [0.1, 0.15) is 41.2 Å². The van der Waals surface area contributed by atoms with Crippen LogP contribution >= 0.6 is 0 Å². The first kappa shape index (κ1) is 18.2. The van der Waals surface area contributed by atoms with E-state index in [1.165, 1.54) is 10.7 Å². The third kappa shape index (κ3) is 4.90. The van der Waals surface area contributed by atoms with E-state index in [9.17, 15) is 14.4 Å². The largest absolute Gasteiger partial charge is 0.364 e. The highest BCUT2D eigenvalue weighted by atomic mass is 16.2. The molecule has 0 fully saturated rings. The van der Waals surface area contributed by atoms with Crippen molar-refractivity contribution in [3.05, 3.63) is 47.8 Å². The maximum absolute atomic E-state index is 12.2. The Morgan fingerprint density at radius 1 is 1.20 bits per heavy atom. The molecule has 0 saturated heterocycles. The number of nitrogens with two attached hydrogens (primary N) is 1. The van der Waals surface area contributed by atoms with Gasteiger partial charge in [-0.3, -0.25) is 14.4 Å². The maximum atomic E-state index is 12.2. The molecule has 2 aromatic rings. The number of hydrogen-bond acceptors (Lipinski definition) is 4. The normalized spacial score (nSPS) is 10.5. The average Bonchev–Trinajstić information content (AvgIpc) is 3.00. The fourth-order valence-corrected chi connectivity index (χ4v) is 2.21. The first-order valence-corrected chi connectivity index (χ1v) is 7.91. The minimum Gasteiger partial charge on any atom is -0.364 e. The summed E-state index contributed by atoms with van der Waals surface area (Å²) in [5.74, 6) is -1.32. The van der Waals surface area contributed by atoms with E-state index >= 15 is 0 Å². The molecular weight excluding hydrogens is 322 g/mol. The van der Waals surface area contributed by atoms with Gasteiger partial charge in [0.05, 0.1) is 5.69 Å². The summed E-state index contributed by atoms with van der Waals surface area (Å²) in [7, 11) is 0. The molecule has 1 aromatic carbocycles. The number of para-hydroxylation sites is 1. The summed E-state index contributed by atoms with van der Waals surface area (Å²) in [6, 6.07) is 10.3. The summed E-state index contributed by atoms with van der Waals surface area (Å²) in [6.07, 6.45) is 0.159. The van der Waals surface area contributed by atoms with E-state index in [-0.39, 0.29) is 36.3 Å². The van der Waals surface area contributed by atoms with Gasteiger partial charge in [-0.25, -0.2) is 4.68 Å². The predicted molar refractivity (Wildman–Crippen MR) is 92.3 cm³/mol. The highest BCUT2D eigenvalue weighted by molar-refractivity contribution is 5.97. The lowest BCUT2D eigenvalue weighted by atomic mass is 10.3. The number of carbonyl (C=O) groups excluding carboxylic acids is 3. The van der Waals surface area contributed by atoms with Gasteiger partial charge in [-0.15, -0.1) is 0 Å². The van der Waals surface area contributed by atoms with Crippen molar-refractivity contribution in [2.24, 2.45) is 5.73 Å². The zero-order valence-corrected chi connectivity index (χ0v) is 14.2. The molecule has 2 rings (SSSR count). The zero-order valence-electron chi connectivity index (χ0n) is 14.2. The van der Waals surface area contributed by atoms with E-state index in [2.05, 4.69) is 15.7 Å². The van der Waals surface area contributed by atoms with E-state index in [0.29, 0.717) is 5.69 Å². The molecule has 0 aliphatic carbocycles. The summed E-state index contributed by atoms with van der Waals surface area (Å²) < 4.78 is 1.32. The number of aromatic nitrogens is 2. The number of amides is 3. The fraction of sp³-hybridized carbons (Fsp3) is 0.294. The number of rotatable bonds is 7. The minimum atomic E-state index is -0.688. The Balaban J connectivity index is 2.08. The van der Waals surface area contributed by atoms with Gasteiger partial charge in [-0.1, -0.05) is 18.2 Å². The summed E-state index contributed by atoms with van der Waals surface area (Å²) >= 11 is 0. The number of carbonyl (C=O) groups is 3. The molecule has 4 N–H and O–H groups in total. The van der Waals surface area contributed by atoms with Gasteiger partial charge in [-0.2, -0.15) is 5.10 Å². The van der Waals surface area contributed by atoms with Crippen molar-refractivity contribution in [1.82, 2.24) is 20.4 Å². The third-order valence-corrected chi connectivity index (χ3v) is 3.28. The maximum Gasteiger partial charge on any atom is 0.271 e. The van der Waals surface area contributed by atoms with Gasteiger partial charge in [0.15, 0.2) is 5.69 Å². The van der Waals surface area contributed by atoms with Gasteiger partial charge < -0.3 is 16.4 Å². The quantitative estimate of drug-likeness (QED) is 0.682. The lowest BCUT2D eigenvalue weighted by Gasteiger charge is -2.08. The van der Waals surface area contributed by atoms with Gasteiger partial charge in [0.1, 0.15) is 5.69 Å². The number of nitrogens with zero attached hydrogens (tertiary/aromatic N) is 2. The topological polar surface area (TPSA) is 119 Å². The van der Waals surface area contributed by atoms with Crippen LogP contribution in [0.15, 0.2) is 36.4 Å². The van der Waals surface area contributed by atoms with Crippen LogP contribution in [-0.4, -0.2) is 40.1 Å². The molecule has 3 amide bonds. The van der Waals surface area contributed by atoms with Crippen molar-refractivity contribution >= 4 is 17.7 Å². The minimum absolute atomic E-state index is 0.0443. The first-order valence-electron chi connectivity index (χ1n) is 7.91. The number of benzene rings is 1. The van der Waals surface area contributed by atoms with Gasteiger partial charge in [0, 0.05) is 25.1 Å². The van der Waals surface area contributed by atoms with Crippen molar-refractivity contribution in [2.75, 3.05) is 6.54 Å². The highest BCUT2D eigenvalue weighted by Crippen LogP contribution is 2.12. The van der Waals surface area contributed by atoms with Crippen molar-refractivity contribution in [1.29, 1.82) is 0 Å². The van der Waals surface area contributed by atoms with E-state index in [0.717, 1.165) is 0 Å². The van der Waals surface area contributed by atoms with E-state index in [1.807, 2.05) is 19.9 Å². The van der Waals surface area contributed by atoms with Gasteiger partial charge in [0.25, 0.3) is 11.8 Å². The lowest BCUT2D eigenvalue weighted by Crippen LogP contribution is -2.34. The Morgan fingerprint density at radius 2 is 1.88 bits per heavy atom. The third-order valence-electron chi connectivity index (χ3n) is 3.28. The Hall–Kier alpha value is -3.16. The van der Waals surface area contributed by atoms with Crippen LogP contribution in [0.2, 0.25) is 0 Å². The number of hydrogen-bond donors (Lipinski definition) is 3. The first-order chi connectivity index (χ1) is 11.9. The van der Waals surface area contributed by atoms with E-state index < -0.39 is 11.8 Å². The van der Waals surface area contributed by atoms with Crippen molar-refractivity contribution in [3.63, 3.8) is 0 Å². The van der Waals surface area contributed by atoms with E-state index in [4.69, 9.17) is 5.73 Å². The summed E-state index contributed by atoms with van der Waals surface area (Å²) in [6.45, 7) is 3.89. The molecule has 0 saturated carbocycles. The second kappa shape index (κ2) is 8.09. The zero-order chi connectivity index (χ0) is 18.4. The molecule has 0 radical (unpaired) electrons. The second-order valence-electron chi connectivity index (χ2n) is 5.75. The molecule has 1 aromatic heterocycles. The van der Waals surface area contributed by atoms with Gasteiger partial charge in [-0.05, 0) is 26.0 Å². The molecule has 8 heteroatoms. The fourth-order valence-electron chi connectivity index (χ4n) is 2.21. The molecule has 25 heavy (non-hydrogen) atoms. The molecular formula is C17H21N5O3. The van der Waals surface area contributed by atoms with Crippen LogP contribution in [0.4, 0.5) is 0 Å². The van der Waals surface area contributed by atoms with Crippen LogP contribution in [-0.2, 0) is 4.79 Å². The Labute approximate surface area is 145 Å². The SMILES string of the molecule is CC(C)NC(=O)CCNC(=O)c1cc(C(N)=O)n(-c2ccccc2)n1. The van der Waals surface area contributed by atoms with E-state index in [1.54, 1.807) is 24.3 Å². The smallest absolute Gasteiger partial charge is 0.271 e. The monoisotopic (exact) mass is 343 g/mol. The molecule has 0 atom stereocenters. The van der Waals surface area contributed by atoms with Crippen LogP contribution in [0.3, 0.4) is 0 Å². The van der Waals surface area contributed by atoms with Crippen LogP contribution in [0.25, 0.3) is 5.69 Å². The number of primary amides is 1. The predicted octanol–water partition coefficient (Wildman–Crippen LogP) is 0.616. The Kier molecular flexibility index (Phi) is 5.89. The van der Waals surface area contributed by atoms with Crippen LogP contribution in [0.5, 0.6) is 0 Å². The molecule has 1 heterocycles. The average molecular weight is 343 g/mol. The second-order valence-corrected chi connectivity index (χ2v) is 5.75. The van der Waals surface area contributed by atoms with Crippen molar-refractivity contribution in [2.45, 2.75) is 26.3 Å². The summed E-state index contributed by atoms with van der Waals surface area (Å²) in [5, 5.41) is 9.49. The highest BCUT2D eigenvalue weighted by Gasteiger charge is 2.18. The molecule has 8 nitrogen and oxygen atoms in total.